The van der Waals surface area contributed by atoms with Gasteiger partial charge in [0.05, 0.1) is 12.5 Å². The maximum atomic E-state index is 12.3. The molecule has 0 aliphatic rings. The first kappa shape index (κ1) is 21.9. The number of nitrogens with zero attached hydrogens (tertiary/aromatic N) is 1. The number of allylic oxidation sites excluding steroid dienone is 1. The summed E-state index contributed by atoms with van der Waals surface area (Å²) in [6.45, 7) is 9.45. The molecule has 1 aromatic rings. The molecular formula is C19H29BN2O4. The van der Waals surface area contributed by atoms with Gasteiger partial charge < -0.3 is 20.3 Å². The van der Waals surface area contributed by atoms with Gasteiger partial charge in [-0.3, -0.25) is 9.59 Å². The van der Waals surface area contributed by atoms with Gasteiger partial charge >= 0.3 is 7.12 Å². The molecule has 0 spiro atoms. The van der Waals surface area contributed by atoms with E-state index in [1.807, 2.05) is 32.0 Å². The van der Waals surface area contributed by atoms with Crippen molar-refractivity contribution in [3.05, 3.63) is 46.5 Å². The van der Waals surface area contributed by atoms with Crippen molar-refractivity contribution in [2.75, 3.05) is 13.1 Å². The highest BCUT2D eigenvalue weighted by Crippen LogP contribution is 2.13. The average Bonchev–Trinajstić information content (AvgIpc) is 2.59. The molecule has 1 aromatic carbocycles. The second-order valence-electron chi connectivity index (χ2n) is 6.51. The van der Waals surface area contributed by atoms with Gasteiger partial charge in [0.15, 0.2) is 0 Å². The number of amides is 2. The Labute approximate surface area is 156 Å². The Morgan fingerprint density at radius 1 is 1.31 bits per heavy atom. The number of nitrogens with one attached hydrogen (secondary N) is 1. The summed E-state index contributed by atoms with van der Waals surface area (Å²) in [4.78, 5) is 26.0. The van der Waals surface area contributed by atoms with Crippen LogP contribution in [-0.2, 0) is 16.0 Å². The zero-order valence-corrected chi connectivity index (χ0v) is 16.2. The van der Waals surface area contributed by atoms with E-state index in [0.717, 1.165) is 16.7 Å². The Morgan fingerprint density at radius 2 is 1.96 bits per heavy atom. The van der Waals surface area contributed by atoms with Gasteiger partial charge in [0.1, 0.15) is 0 Å². The molecule has 0 unspecified atom stereocenters. The number of carbonyl (C=O) groups excluding carboxylic acids is 2. The lowest BCUT2D eigenvalue weighted by molar-refractivity contribution is -0.133. The maximum absolute atomic E-state index is 12.3. The van der Waals surface area contributed by atoms with E-state index in [9.17, 15) is 19.6 Å². The Kier molecular flexibility index (Phi) is 8.55. The van der Waals surface area contributed by atoms with E-state index in [-0.39, 0.29) is 12.5 Å². The van der Waals surface area contributed by atoms with Gasteiger partial charge in [-0.1, -0.05) is 29.8 Å². The minimum absolute atomic E-state index is 0.128. The van der Waals surface area contributed by atoms with Gasteiger partial charge in [-0.05, 0) is 52.2 Å². The van der Waals surface area contributed by atoms with Crippen LogP contribution in [0.1, 0.15) is 37.5 Å². The van der Waals surface area contributed by atoms with Gasteiger partial charge in [-0.15, -0.1) is 0 Å². The van der Waals surface area contributed by atoms with Gasteiger partial charge in [0.2, 0.25) is 11.8 Å². The fraction of sp³-hybridized carbons (Fsp3) is 0.474. The molecule has 0 saturated carbocycles. The summed E-state index contributed by atoms with van der Waals surface area (Å²) in [5, 5.41) is 21.9. The van der Waals surface area contributed by atoms with Crippen molar-refractivity contribution in [2.45, 2.75) is 47.0 Å². The molecular weight excluding hydrogens is 331 g/mol. The molecule has 142 valence electrons. The zero-order chi connectivity index (χ0) is 19.9. The highest BCUT2D eigenvalue weighted by molar-refractivity contribution is 6.43. The van der Waals surface area contributed by atoms with Crippen LogP contribution in [0.3, 0.4) is 0 Å². The molecule has 0 fully saturated rings. The Bertz CT molecular complexity index is 674. The van der Waals surface area contributed by atoms with E-state index < -0.39 is 19.0 Å². The number of aryl methyl sites for hydroxylation is 2. The van der Waals surface area contributed by atoms with Crippen LogP contribution in [0.15, 0.2) is 29.8 Å². The first-order valence-corrected chi connectivity index (χ1v) is 8.83. The molecule has 0 bridgehead atoms. The lowest BCUT2D eigenvalue weighted by Crippen LogP contribution is -2.51. The molecule has 0 aromatic heterocycles. The van der Waals surface area contributed by atoms with Crippen LogP contribution in [0.4, 0.5) is 0 Å². The van der Waals surface area contributed by atoms with Crippen LogP contribution >= 0.6 is 0 Å². The van der Waals surface area contributed by atoms with Crippen molar-refractivity contribution in [3.63, 3.8) is 0 Å². The lowest BCUT2D eigenvalue weighted by atomic mass is 9.75. The topological polar surface area (TPSA) is 89.9 Å². The molecule has 6 nitrogen and oxygen atoms in total. The minimum atomic E-state index is -1.69. The van der Waals surface area contributed by atoms with Crippen molar-refractivity contribution in [1.82, 2.24) is 10.2 Å². The van der Waals surface area contributed by atoms with Crippen molar-refractivity contribution >= 4 is 18.9 Å². The van der Waals surface area contributed by atoms with Gasteiger partial charge in [-0.2, -0.15) is 0 Å². The summed E-state index contributed by atoms with van der Waals surface area (Å²) in [5.41, 5.74) is 3.64. The molecule has 26 heavy (non-hydrogen) atoms. The summed E-state index contributed by atoms with van der Waals surface area (Å²) >= 11 is 0. The van der Waals surface area contributed by atoms with Crippen LogP contribution in [-0.4, -0.2) is 52.9 Å². The number of rotatable bonds is 8. The maximum Gasteiger partial charge on any atom is 0.475 e. The van der Waals surface area contributed by atoms with Crippen LogP contribution < -0.4 is 5.32 Å². The summed E-state index contributed by atoms with van der Waals surface area (Å²) in [7, 11) is -1.69. The second-order valence-corrected chi connectivity index (χ2v) is 6.51. The highest BCUT2D eigenvalue weighted by atomic mass is 16.4. The summed E-state index contributed by atoms with van der Waals surface area (Å²) < 4.78 is 0. The third-order valence-electron chi connectivity index (χ3n) is 4.42. The molecule has 0 heterocycles. The Hall–Kier alpha value is -2.12. The predicted octanol–water partition coefficient (Wildman–Crippen LogP) is 1.16. The van der Waals surface area contributed by atoms with Gasteiger partial charge in [0, 0.05) is 12.1 Å². The number of carbonyl (C=O) groups is 2. The van der Waals surface area contributed by atoms with Crippen LogP contribution in [0.5, 0.6) is 0 Å². The normalized spacial score (nSPS) is 12.5. The third-order valence-corrected chi connectivity index (χ3v) is 4.42. The Morgan fingerprint density at radius 3 is 2.46 bits per heavy atom. The predicted molar refractivity (Wildman–Crippen MR) is 103 cm³/mol. The molecule has 0 aliphatic heterocycles. The SMILES string of the molecule is C/C=C(\C)C(=O)N(CC)CC(=O)N[C@@H](Cc1ccc(C)cc1C)B(O)O. The quantitative estimate of drug-likeness (QED) is 0.479. The molecule has 0 aliphatic carbocycles. The zero-order valence-electron chi connectivity index (χ0n) is 16.2. The van der Waals surface area contributed by atoms with E-state index >= 15 is 0 Å². The lowest BCUT2D eigenvalue weighted by Gasteiger charge is -2.24. The molecule has 3 N–H and O–H groups in total. The molecule has 1 atom stereocenters. The molecule has 1 rings (SSSR count). The van der Waals surface area contributed by atoms with Gasteiger partial charge in [0.25, 0.3) is 0 Å². The minimum Gasteiger partial charge on any atom is -0.426 e. The smallest absolute Gasteiger partial charge is 0.426 e. The summed E-state index contributed by atoms with van der Waals surface area (Å²) in [6, 6.07) is 5.88. The van der Waals surface area contributed by atoms with Crippen LogP contribution in [0.2, 0.25) is 0 Å². The third kappa shape index (κ3) is 6.31. The number of hydrogen-bond acceptors (Lipinski definition) is 4. The summed E-state index contributed by atoms with van der Waals surface area (Å²) in [5.74, 6) is -1.48. The van der Waals surface area contributed by atoms with Crippen molar-refractivity contribution in [1.29, 1.82) is 0 Å². The first-order chi connectivity index (χ1) is 12.2. The largest absolute Gasteiger partial charge is 0.475 e. The van der Waals surface area contributed by atoms with Crippen LogP contribution in [0.25, 0.3) is 0 Å². The van der Waals surface area contributed by atoms with E-state index in [1.165, 1.54) is 4.90 Å². The number of benzene rings is 1. The van der Waals surface area contributed by atoms with E-state index in [1.54, 1.807) is 26.8 Å². The fourth-order valence-corrected chi connectivity index (χ4v) is 2.67. The monoisotopic (exact) mass is 360 g/mol. The molecule has 0 saturated heterocycles. The molecule has 7 heteroatoms. The summed E-state index contributed by atoms with van der Waals surface area (Å²) in [6.07, 6.45) is 1.99. The van der Waals surface area contributed by atoms with Crippen molar-refractivity contribution in [2.24, 2.45) is 0 Å². The van der Waals surface area contributed by atoms with Crippen molar-refractivity contribution < 1.29 is 19.6 Å². The number of hydrogen-bond donors (Lipinski definition) is 3. The van der Waals surface area contributed by atoms with E-state index in [4.69, 9.17) is 0 Å². The standard InChI is InChI=1S/C19H29BN2O4/c1-6-14(4)19(24)22(7-2)12-18(23)21-17(20(25)26)11-16-9-8-13(3)10-15(16)5/h6,8-10,17,25-26H,7,11-12H2,1-5H3,(H,21,23)/b14-6+/t17-/m0/s1. The first-order valence-electron chi connectivity index (χ1n) is 8.83. The van der Waals surface area contributed by atoms with Gasteiger partial charge in [-0.25, -0.2) is 0 Å². The molecule has 0 radical (unpaired) electrons. The number of likely N-dealkylation sites (N-methyl/N-ethyl adjacent to an activating group) is 1. The van der Waals surface area contributed by atoms with Crippen molar-refractivity contribution in [3.8, 4) is 0 Å². The average molecular weight is 360 g/mol. The van der Waals surface area contributed by atoms with Crippen LogP contribution in [0, 0.1) is 13.8 Å². The molecule has 2 amide bonds. The second kappa shape index (κ2) is 10.1. The highest BCUT2D eigenvalue weighted by Gasteiger charge is 2.27. The van der Waals surface area contributed by atoms with E-state index in [0.29, 0.717) is 18.5 Å². The fourth-order valence-electron chi connectivity index (χ4n) is 2.67. The Balaban J connectivity index is 2.80. The van der Waals surface area contributed by atoms with E-state index in [2.05, 4.69) is 5.32 Å².